The highest BCUT2D eigenvalue weighted by molar-refractivity contribution is 5.49. The molecule has 2 rings (SSSR count). The van der Waals surface area contributed by atoms with Gasteiger partial charge in [0.15, 0.2) is 0 Å². The van der Waals surface area contributed by atoms with Gasteiger partial charge in [-0.2, -0.15) is 0 Å². The molecular weight excluding hydrogens is 206 g/mol. The molecule has 0 bridgehead atoms. The van der Waals surface area contributed by atoms with Gasteiger partial charge in [0, 0.05) is 18.4 Å². The smallest absolute Gasteiger partial charge is 0.0406 e. The summed E-state index contributed by atoms with van der Waals surface area (Å²) < 4.78 is 0. The van der Waals surface area contributed by atoms with Gasteiger partial charge in [0.2, 0.25) is 0 Å². The van der Waals surface area contributed by atoms with Gasteiger partial charge in [0.25, 0.3) is 0 Å². The Morgan fingerprint density at radius 3 is 2.53 bits per heavy atom. The Bertz CT molecular complexity index is 366. The average molecular weight is 229 g/mol. The van der Waals surface area contributed by atoms with E-state index in [1.807, 2.05) is 0 Å². The molecule has 1 heteroatoms. The summed E-state index contributed by atoms with van der Waals surface area (Å²) in [6.45, 7) is 8.13. The summed E-state index contributed by atoms with van der Waals surface area (Å²) in [7, 11) is 0. The Balaban J connectivity index is 2.18. The SMILES string of the molecule is CCC1C=CN(c2ccccc2)CC1C(C)C. The van der Waals surface area contributed by atoms with Crippen molar-refractivity contribution in [1.82, 2.24) is 0 Å². The Hall–Kier alpha value is -1.24. The van der Waals surface area contributed by atoms with Gasteiger partial charge in [-0.15, -0.1) is 0 Å². The lowest BCUT2D eigenvalue weighted by molar-refractivity contribution is 0.287. The molecule has 0 aromatic heterocycles. The number of anilines is 1. The van der Waals surface area contributed by atoms with Gasteiger partial charge >= 0.3 is 0 Å². The molecule has 1 heterocycles. The van der Waals surface area contributed by atoms with Crippen molar-refractivity contribution in [1.29, 1.82) is 0 Å². The first-order chi connectivity index (χ1) is 8.22. The monoisotopic (exact) mass is 229 g/mol. The van der Waals surface area contributed by atoms with Gasteiger partial charge in [-0.1, -0.05) is 45.0 Å². The maximum Gasteiger partial charge on any atom is 0.0406 e. The quantitative estimate of drug-likeness (QED) is 0.746. The fraction of sp³-hybridized carbons (Fsp3) is 0.500. The second-order valence-electron chi connectivity index (χ2n) is 5.31. The highest BCUT2D eigenvalue weighted by atomic mass is 15.1. The standard InChI is InChI=1S/C16H23N/c1-4-14-10-11-17(12-16(14)13(2)3)15-8-6-5-7-9-15/h5-11,13-14,16H,4,12H2,1-3H3. The Morgan fingerprint density at radius 1 is 1.24 bits per heavy atom. The summed E-state index contributed by atoms with van der Waals surface area (Å²) in [5, 5.41) is 0. The van der Waals surface area contributed by atoms with E-state index in [2.05, 4.69) is 68.3 Å². The van der Waals surface area contributed by atoms with Crippen LogP contribution in [-0.2, 0) is 0 Å². The molecule has 1 aliphatic rings. The maximum absolute atomic E-state index is 2.39. The topological polar surface area (TPSA) is 3.24 Å². The van der Waals surface area contributed by atoms with Crippen LogP contribution in [0.25, 0.3) is 0 Å². The second-order valence-corrected chi connectivity index (χ2v) is 5.31. The van der Waals surface area contributed by atoms with Crippen molar-refractivity contribution in [2.24, 2.45) is 17.8 Å². The predicted octanol–water partition coefficient (Wildman–Crippen LogP) is 4.32. The lowest BCUT2D eigenvalue weighted by atomic mass is 9.79. The molecule has 0 radical (unpaired) electrons. The van der Waals surface area contributed by atoms with Crippen LogP contribution >= 0.6 is 0 Å². The fourth-order valence-electron chi connectivity index (χ4n) is 2.74. The highest BCUT2D eigenvalue weighted by Crippen LogP contribution is 2.31. The van der Waals surface area contributed by atoms with Gasteiger partial charge in [-0.25, -0.2) is 0 Å². The minimum atomic E-state index is 0.745. The molecule has 2 atom stereocenters. The first kappa shape index (κ1) is 12.2. The number of nitrogens with zero attached hydrogens (tertiary/aromatic N) is 1. The van der Waals surface area contributed by atoms with Crippen LogP contribution in [0.2, 0.25) is 0 Å². The molecule has 1 nitrogen and oxygen atoms in total. The number of allylic oxidation sites excluding steroid dienone is 1. The van der Waals surface area contributed by atoms with Crippen LogP contribution in [0.3, 0.4) is 0 Å². The summed E-state index contributed by atoms with van der Waals surface area (Å²) in [4.78, 5) is 2.39. The summed E-state index contributed by atoms with van der Waals surface area (Å²) >= 11 is 0. The molecule has 1 aromatic carbocycles. The van der Waals surface area contributed by atoms with Crippen molar-refractivity contribution in [3.63, 3.8) is 0 Å². The molecule has 0 saturated heterocycles. The highest BCUT2D eigenvalue weighted by Gasteiger charge is 2.26. The minimum Gasteiger partial charge on any atom is -0.348 e. The van der Waals surface area contributed by atoms with E-state index in [4.69, 9.17) is 0 Å². The molecule has 1 aromatic rings. The Kier molecular flexibility index (Phi) is 3.88. The summed E-state index contributed by atoms with van der Waals surface area (Å²) in [6, 6.07) is 10.7. The van der Waals surface area contributed by atoms with E-state index >= 15 is 0 Å². The molecule has 1 aliphatic heterocycles. The van der Waals surface area contributed by atoms with Crippen molar-refractivity contribution in [3.05, 3.63) is 42.6 Å². The van der Waals surface area contributed by atoms with Crippen LogP contribution in [0.4, 0.5) is 5.69 Å². The maximum atomic E-state index is 2.39. The molecule has 0 amide bonds. The van der Waals surface area contributed by atoms with E-state index in [1.165, 1.54) is 12.1 Å². The third-order valence-electron chi connectivity index (χ3n) is 3.89. The lowest BCUT2D eigenvalue weighted by Crippen LogP contribution is -2.35. The molecule has 0 N–H and O–H groups in total. The first-order valence-corrected chi connectivity index (χ1v) is 6.72. The van der Waals surface area contributed by atoms with Gasteiger partial charge < -0.3 is 4.90 Å². The van der Waals surface area contributed by atoms with Gasteiger partial charge in [-0.05, 0) is 36.3 Å². The molecule has 0 saturated carbocycles. The Labute approximate surface area is 105 Å². The minimum absolute atomic E-state index is 0.745. The van der Waals surface area contributed by atoms with Crippen molar-refractivity contribution in [3.8, 4) is 0 Å². The zero-order valence-corrected chi connectivity index (χ0v) is 11.1. The van der Waals surface area contributed by atoms with E-state index in [-0.39, 0.29) is 0 Å². The van der Waals surface area contributed by atoms with Crippen LogP contribution in [0, 0.1) is 17.8 Å². The molecule has 92 valence electrons. The molecule has 0 spiro atoms. The first-order valence-electron chi connectivity index (χ1n) is 6.72. The normalized spacial score (nSPS) is 24.4. The van der Waals surface area contributed by atoms with Gasteiger partial charge in [0.05, 0.1) is 0 Å². The van der Waals surface area contributed by atoms with Crippen LogP contribution in [0.15, 0.2) is 42.6 Å². The van der Waals surface area contributed by atoms with Gasteiger partial charge in [-0.3, -0.25) is 0 Å². The van der Waals surface area contributed by atoms with Crippen molar-refractivity contribution in [2.75, 3.05) is 11.4 Å². The molecule has 0 fully saturated rings. The lowest BCUT2D eigenvalue weighted by Gasteiger charge is -2.37. The number of benzene rings is 1. The molecular formula is C16H23N. The second kappa shape index (κ2) is 5.39. The molecule has 17 heavy (non-hydrogen) atoms. The average Bonchev–Trinajstić information content (AvgIpc) is 2.39. The van der Waals surface area contributed by atoms with Crippen LogP contribution in [0.1, 0.15) is 27.2 Å². The number of para-hydroxylation sites is 1. The van der Waals surface area contributed by atoms with Crippen LogP contribution < -0.4 is 4.90 Å². The summed E-state index contributed by atoms with van der Waals surface area (Å²) in [5.74, 6) is 2.26. The van der Waals surface area contributed by atoms with E-state index in [1.54, 1.807) is 0 Å². The zero-order valence-electron chi connectivity index (χ0n) is 11.1. The number of hydrogen-bond acceptors (Lipinski definition) is 1. The fourth-order valence-corrected chi connectivity index (χ4v) is 2.74. The van der Waals surface area contributed by atoms with Crippen molar-refractivity contribution < 1.29 is 0 Å². The largest absolute Gasteiger partial charge is 0.348 e. The van der Waals surface area contributed by atoms with E-state index in [9.17, 15) is 0 Å². The van der Waals surface area contributed by atoms with E-state index in [0.717, 1.165) is 24.3 Å². The van der Waals surface area contributed by atoms with Gasteiger partial charge in [0.1, 0.15) is 0 Å². The van der Waals surface area contributed by atoms with Crippen LogP contribution in [0.5, 0.6) is 0 Å². The zero-order chi connectivity index (χ0) is 12.3. The van der Waals surface area contributed by atoms with Crippen molar-refractivity contribution in [2.45, 2.75) is 27.2 Å². The summed E-state index contributed by atoms with van der Waals surface area (Å²) in [5.41, 5.74) is 1.31. The summed E-state index contributed by atoms with van der Waals surface area (Å²) in [6.07, 6.45) is 5.91. The van der Waals surface area contributed by atoms with E-state index < -0.39 is 0 Å². The third-order valence-corrected chi connectivity index (χ3v) is 3.89. The number of rotatable bonds is 3. The molecule has 2 unspecified atom stereocenters. The number of hydrogen-bond donors (Lipinski definition) is 0. The van der Waals surface area contributed by atoms with Crippen LogP contribution in [-0.4, -0.2) is 6.54 Å². The predicted molar refractivity (Wildman–Crippen MR) is 75.0 cm³/mol. The van der Waals surface area contributed by atoms with Crippen molar-refractivity contribution >= 4 is 5.69 Å². The third kappa shape index (κ3) is 2.71. The van der Waals surface area contributed by atoms with E-state index in [0.29, 0.717) is 0 Å². The molecule has 0 aliphatic carbocycles. The Morgan fingerprint density at radius 2 is 1.94 bits per heavy atom.